The maximum Gasteiger partial charge on any atom is 0.294 e. The molecule has 2 rings (SSSR count). The molecule has 0 aliphatic heterocycles. The lowest BCUT2D eigenvalue weighted by Gasteiger charge is -2.06. The molecule has 0 saturated heterocycles. The Kier molecular flexibility index (Phi) is 4.81. The Hall–Kier alpha value is -2.98. The average Bonchev–Trinajstić information content (AvgIpc) is 2.44. The van der Waals surface area contributed by atoms with Crippen LogP contribution in [-0.4, -0.2) is 18.9 Å². The summed E-state index contributed by atoms with van der Waals surface area (Å²) in [6.07, 6.45) is 0. The summed E-state index contributed by atoms with van der Waals surface area (Å²) in [7, 11) is -4.47. The Morgan fingerprint density at radius 2 is 1.83 bits per heavy atom. The lowest BCUT2D eigenvalue weighted by Crippen LogP contribution is -2.07. The largest absolute Gasteiger partial charge is 0.399 e. The van der Waals surface area contributed by atoms with Gasteiger partial charge in [0.15, 0.2) is 0 Å². The predicted molar refractivity (Wildman–Crippen MR) is 90.0 cm³/mol. The molecular formula is C14H15N5O4S. The molecule has 2 aromatic rings. The molecular weight excluding hydrogens is 334 g/mol. The fraction of sp³-hybridized carbons (Fsp3) is 0.0714. The normalized spacial score (nSPS) is 11.6. The van der Waals surface area contributed by atoms with Gasteiger partial charge in [0, 0.05) is 18.3 Å². The molecule has 0 aromatic heterocycles. The van der Waals surface area contributed by atoms with E-state index >= 15 is 0 Å². The van der Waals surface area contributed by atoms with Crippen LogP contribution in [0, 0.1) is 0 Å². The lowest BCUT2D eigenvalue weighted by molar-refractivity contribution is -0.114. The molecule has 0 aliphatic rings. The van der Waals surface area contributed by atoms with Crippen LogP contribution in [0.25, 0.3) is 0 Å². The van der Waals surface area contributed by atoms with Crippen molar-refractivity contribution in [3.05, 3.63) is 36.4 Å². The second kappa shape index (κ2) is 6.64. The highest BCUT2D eigenvalue weighted by atomic mass is 32.2. The van der Waals surface area contributed by atoms with Crippen LogP contribution in [0.1, 0.15) is 6.92 Å². The van der Waals surface area contributed by atoms with E-state index in [4.69, 9.17) is 11.5 Å². The number of hydrogen-bond donors (Lipinski definition) is 4. The van der Waals surface area contributed by atoms with E-state index in [0.717, 1.165) is 12.1 Å². The number of hydrogen-bond acceptors (Lipinski definition) is 7. The minimum Gasteiger partial charge on any atom is -0.399 e. The second-order valence-electron chi connectivity index (χ2n) is 4.89. The number of benzene rings is 2. The molecule has 9 nitrogen and oxygen atoms in total. The van der Waals surface area contributed by atoms with E-state index in [1.165, 1.54) is 19.1 Å². The molecule has 24 heavy (non-hydrogen) atoms. The van der Waals surface area contributed by atoms with Crippen LogP contribution in [0.3, 0.4) is 0 Å². The summed E-state index contributed by atoms with van der Waals surface area (Å²) in [5, 5.41) is 10.2. The summed E-state index contributed by atoms with van der Waals surface area (Å²) in [6, 6.07) is 8.25. The smallest absolute Gasteiger partial charge is 0.294 e. The SMILES string of the molecule is CC(=O)Nc1cc(N=Nc2ccc(N)cc2N)cc(S(=O)(=O)O)c1. The van der Waals surface area contributed by atoms with Crippen molar-refractivity contribution in [2.75, 3.05) is 16.8 Å². The molecule has 0 bridgehead atoms. The van der Waals surface area contributed by atoms with Crippen molar-refractivity contribution in [2.45, 2.75) is 11.8 Å². The number of amides is 1. The van der Waals surface area contributed by atoms with Gasteiger partial charge < -0.3 is 16.8 Å². The van der Waals surface area contributed by atoms with E-state index in [-0.39, 0.29) is 11.4 Å². The van der Waals surface area contributed by atoms with E-state index in [2.05, 4.69) is 15.5 Å². The van der Waals surface area contributed by atoms with Crippen LogP contribution in [0.5, 0.6) is 0 Å². The molecule has 0 radical (unpaired) electrons. The Morgan fingerprint density at radius 3 is 2.42 bits per heavy atom. The first kappa shape index (κ1) is 17.4. The number of carbonyl (C=O) groups excluding carboxylic acids is 1. The first-order valence-electron chi connectivity index (χ1n) is 6.62. The van der Waals surface area contributed by atoms with Crippen molar-refractivity contribution in [2.24, 2.45) is 10.2 Å². The average molecular weight is 349 g/mol. The van der Waals surface area contributed by atoms with E-state index < -0.39 is 20.9 Å². The number of anilines is 3. The molecule has 0 aliphatic carbocycles. The van der Waals surface area contributed by atoms with Crippen LogP contribution in [-0.2, 0) is 14.9 Å². The van der Waals surface area contributed by atoms with E-state index in [1.54, 1.807) is 12.1 Å². The van der Waals surface area contributed by atoms with Gasteiger partial charge in [0.1, 0.15) is 5.69 Å². The van der Waals surface area contributed by atoms with E-state index in [0.29, 0.717) is 17.1 Å². The van der Waals surface area contributed by atoms with Gasteiger partial charge in [0.25, 0.3) is 10.1 Å². The van der Waals surface area contributed by atoms with Crippen molar-refractivity contribution >= 4 is 44.5 Å². The number of azo groups is 1. The third kappa shape index (κ3) is 4.51. The first-order valence-corrected chi connectivity index (χ1v) is 8.06. The van der Waals surface area contributed by atoms with Crippen molar-refractivity contribution in [3.8, 4) is 0 Å². The number of nitrogens with one attached hydrogen (secondary N) is 1. The summed E-state index contributed by atoms with van der Waals surface area (Å²) < 4.78 is 31.8. The number of nitrogens with two attached hydrogens (primary N) is 2. The number of nitrogens with zero attached hydrogens (tertiary/aromatic N) is 2. The Bertz CT molecular complexity index is 925. The number of rotatable bonds is 4. The molecule has 10 heteroatoms. The summed E-state index contributed by atoms with van der Waals surface area (Å²) in [5.41, 5.74) is 12.7. The van der Waals surface area contributed by atoms with Crippen LogP contribution < -0.4 is 16.8 Å². The van der Waals surface area contributed by atoms with E-state index in [9.17, 15) is 17.8 Å². The minimum atomic E-state index is -4.47. The molecule has 0 spiro atoms. The summed E-state index contributed by atoms with van der Waals surface area (Å²) in [6.45, 7) is 1.26. The Labute approximate surface area is 138 Å². The van der Waals surface area contributed by atoms with Gasteiger partial charge in [-0.05, 0) is 36.4 Å². The van der Waals surface area contributed by atoms with Crippen LogP contribution in [0.2, 0.25) is 0 Å². The fourth-order valence-corrected chi connectivity index (χ4v) is 2.39. The van der Waals surface area contributed by atoms with Crippen molar-refractivity contribution < 1.29 is 17.8 Å². The predicted octanol–water partition coefficient (Wildman–Crippen LogP) is 2.47. The molecule has 2 aromatic carbocycles. The van der Waals surface area contributed by atoms with Gasteiger partial charge in [0.2, 0.25) is 5.91 Å². The van der Waals surface area contributed by atoms with Gasteiger partial charge in [-0.3, -0.25) is 9.35 Å². The second-order valence-corrected chi connectivity index (χ2v) is 6.31. The Balaban J connectivity index is 2.44. The highest BCUT2D eigenvalue weighted by molar-refractivity contribution is 7.85. The first-order chi connectivity index (χ1) is 11.1. The molecule has 0 unspecified atom stereocenters. The van der Waals surface area contributed by atoms with Gasteiger partial charge >= 0.3 is 0 Å². The number of nitrogen functional groups attached to an aromatic ring is 2. The molecule has 0 heterocycles. The molecule has 126 valence electrons. The van der Waals surface area contributed by atoms with Gasteiger partial charge in [-0.25, -0.2) is 0 Å². The zero-order valence-electron chi connectivity index (χ0n) is 12.6. The van der Waals surface area contributed by atoms with Gasteiger partial charge in [-0.15, -0.1) is 5.11 Å². The van der Waals surface area contributed by atoms with Crippen molar-refractivity contribution in [3.63, 3.8) is 0 Å². The van der Waals surface area contributed by atoms with Gasteiger partial charge in [-0.2, -0.15) is 13.5 Å². The standard InChI is InChI=1S/C14H15N5O4S/c1-8(20)17-10-5-11(7-12(6-10)24(21,22)23)18-19-14-3-2-9(15)4-13(14)16/h2-7H,15-16H2,1H3,(H,17,20)(H,21,22,23). The van der Waals surface area contributed by atoms with E-state index in [1.807, 2.05) is 0 Å². The maximum absolute atomic E-state index is 11.3. The summed E-state index contributed by atoms with van der Waals surface area (Å²) in [4.78, 5) is 10.7. The molecule has 1 amide bonds. The third-order valence-corrected chi connectivity index (χ3v) is 3.67. The monoisotopic (exact) mass is 349 g/mol. The molecule has 0 fully saturated rings. The molecule has 0 atom stereocenters. The van der Waals surface area contributed by atoms with Gasteiger partial charge in [-0.1, -0.05) is 0 Å². The highest BCUT2D eigenvalue weighted by Gasteiger charge is 2.13. The lowest BCUT2D eigenvalue weighted by atomic mass is 10.2. The van der Waals surface area contributed by atoms with Crippen LogP contribution >= 0.6 is 0 Å². The number of carbonyl (C=O) groups is 1. The van der Waals surface area contributed by atoms with Crippen molar-refractivity contribution in [1.29, 1.82) is 0 Å². The van der Waals surface area contributed by atoms with Crippen LogP contribution in [0.15, 0.2) is 51.5 Å². The topological polar surface area (TPSA) is 160 Å². The van der Waals surface area contributed by atoms with Crippen molar-refractivity contribution in [1.82, 2.24) is 0 Å². The zero-order valence-corrected chi connectivity index (χ0v) is 13.4. The molecule has 0 saturated carbocycles. The maximum atomic E-state index is 11.3. The summed E-state index contributed by atoms with van der Waals surface area (Å²) >= 11 is 0. The van der Waals surface area contributed by atoms with Crippen LogP contribution in [0.4, 0.5) is 28.4 Å². The third-order valence-electron chi connectivity index (χ3n) is 2.83. The minimum absolute atomic E-state index is 0.102. The Morgan fingerprint density at radius 1 is 1.12 bits per heavy atom. The summed E-state index contributed by atoms with van der Waals surface area (Å²) in [5.74, 6) is -0.409. The van der Waals surface area contributed by atoms with Gasteiger partial charge in [0.05, 0.1) is 16.3 Å². The fourth-order valence-electron chi connectivity index (χ4n) is 1.84. The highest BCUT2D eigenvalue weighted by Crippen LogP contribution is 2.29. The molecule has 6 N–H and O–H groups in total. The quantitative estimate of drug-likeness (QED) is 0.377. The zero-order chi connectivity index (χ0) is 17.9.